The van der Waals surface area contributed by atoms with E-state index in [9.17, 15) is 0 Å². The number of aryl methyl sites for hydroxylation is 2. The summed E-state index contributed by atoms with van der Waals surface area (Å²) in [6.45, 7) is 5.57. The Kier molecular flexibility index (Phi) is 4.14. The Balaban J connectivity index is 2.46. The third kappa shape index (κ3) is 2.85. The number of aromatic nitrogens is 4. The number of amidine groups is 1. The van der Waals surface area contributed by atoms with Gasteiger partial charge in [0, 0.05) is 12.4 Å². The van der Waals surface area contributed by atoms with Gasteiger partial charge in [-0.2, -0.15) is 5.10 Å². The van der Waals surface area contributed by atoms with Crippen LogP contribution in [0.3, 0.4) is 0 Å². The van der Waals surface area contributed by atoms with Crippen molar-refractivity contribution in [3.05, 3.63) is 34.8 Å². The zero-order chi connectivity index (χ0) is 14.7. The van der Waals surface area contributed by atoms with Crippen molar-refractivity contribution in [3.8, 4) is 0 Å². The molecule has 0 saturated carbocycles. The first kappa shape index (κ1) is 14.2. The van der Waals surface area contributed by atoms with Crippen LogP contribution in [0.5, 0.6) is 0 Å². The van der Waals surface area contributed by atoms with E-state index in [0.29, 0.717) is 15.7 Å². The van der Waals surface area contributed by atoms with Crippen LogP contribution in [0.25, 0.3) is 0 Å². The third-order valence-corrected chi connectivity index (χ3v) is 3.60. The largest absolute Gasteiger partial charge is 0.409 e. The SMILES string of the molecule is Cc1cnc(Sc2nnc(C)c(C)c2C(N)=NO)nc1. The molecule has 8 heteroatoms. The molecular weight excluding hydrogens is 276 g/mol. The average Bonchev–Trinajstić information content (AvgIpc) is 2.45. The van der Waals surface area contributed by atoms with Gasteiger partial charge in [-0.3, -0.25) is 0 Å². The van der Waals surface area contributed by atoms with Crippen LogP contribution in [0.4, 0.5) is 0 Å². The van der Waals surface area contributed by atoms with Gasteiger partial charge in [0.1, 0.15) is 5.03 Å². The zero-order valence-corrected chi connectivity index (χ0v) is 12.1. The fraction of sp³-hybridized carbons (Fsp3) is 0.250. The Morgan fingerprint density at radius 2 is 1.85 bits per heavy atom. The minimum atomic E-state index is -0.00453. The van der Waals surface area contributed by atoms with Crippen LogP contribution < -0.4 is 5.73 Å². The van der Waals surface area contributed by atoms with Crippen LogP contribution in [0, 0.1) is 20.8 Å². The maximum absolute atomic E-state index is 8.90. The first-order chi connectivity index (χ1) is 9.52. The Morgan fingerprint density at radius 1 is 1.20 bits per heavy atom. The van der Waals surface area contributed by atoms with Crippen molar-refractivity contribution in [1.29, 1.82) is 0 Å². The highest BCUT2D eigenvalue weighted by molar-refractivity contribution is 7.99. The lowest BCUT2D eigenvalue weighted by molar-refractivity contribution is 0.318. The molecule has 0 unspecified atom stereocenters. The lowest BCUT2D eigenvalue weighted by atomic mass is 10.1. The molecule has 2 aromatic rings. The summed E-state index contributed by atoms with van der Waals surface area (Å²) in [4.78, 5) is 8.39. The van der Waals surface area contributed by atoms with E-state index >= 15 is 0 Å². The van der Waals surface area contributed by atoms with Crippen LogP contribution in [0.2, 0.25) is 0 Å². The van der Waals surface area contributed by atoms with Crippen molar-refractivity contribution in [1.82, 2.24) is 20.2 Å². The van der Waals surface area contributed by atoms with Gasteiger partial charge in [-0.1, -0.05) is 5.16 Å². The molecule has 0 amide bonds. The summed E-state index contributed by atoms with van der Waals surface area (Å²) in [5.74, 6) is -0.00453. The first-order valence-electron chi connectivity index (χ1n) is 5.81. The van der Waals surface area contributed by atoms with Gasteiger partial charge in [-0.25, -0.2) is 9.97 Å². The second-order valence-electron chi connectivity index (χ2n) is 4.22. The summed E-state index contributed by atoms with van der Waals surface area (Å²) in [5, 5.41) is 21.1. The fourth-order valence-electron chi connectivity index (χ4n) is 1.53. The number of hydrogen-bond donors (Lipinski definition) is 2. The summed E-state index contributed by atoms with van der Waals surface area (Å²) in [5.41, 5.74) is 8.77. The molecule has 0 bridgehead atoms. The summed E-state index contributed by atoms with van der Waals surface area (Å²) < 4.78 is 0. The summed E-state index contributed by atoms with van der Waals surface area (Å²) in [6.07, 6.45) is 3.43. The molecule has 20 heavy (non-hydrogen) atoms. The molecule has 0 radical (unpaired) electrons. The van der Waals surface area contributed by atoms with E-state index in [-0.39, 0.29) is 5.84 Å². The van der Waals surface area contributed by atoms with Crippen LogP contribution in [0.1, 0.15) is 22.4 Å². The molecule has 3 N–H and O–H groups in total. The van der Waals surface area contributed by atoms with Crippen LogP contribution >= 0.6 is 11.8 Å². The maximum Gasteiger partial charge on any atom is 0.193 e. The Morgan fingerprint density at radius 3 is 2.45 bits per heavy atom. The van der Waals surface area contributed by atoms with E-state index in [1.807, 2.05) is 20.8 Å². The molecular formula is C12H14N6OS. The van der Waals surface area contributed by atoms with E-state index in [0.717, 1.165) is 16.8 Å². The van der Waals surface area contributed by atoms with Crippen molar-refractivity contribution >= 4 is 17.6 Å². The highest BCUT2D eigenvalue weighted by Gasteiger charge is 2.17. The van der Waals surface area contributed by atoms with Gasteiger partial charge in [0.05, 0.1) is 11.3 Å². The molecule has 0 aliphatic rings. The second-order valence-corrected chi connectivity index (χ2v) is 5.18. The topological polar surface area (TPSA) is 110 Å². The van der Waals surface area contributed by atoms with Crippen molar-refractivity contribution < 1.29 is 5.21 Å². The van der Waals surface area contributed by atoms with Gasteiger partial charge >= 0.3 is 0 Å². The maximum atomic E-state index is 8.90. The quantitative estimate of drug-likeness (QED) is 0.289. The minimum Gasteiger partial charge on any atom is -0.409 e. The summed E-state index contributed by atoms with van der Waals surface area (Å²) in [6, 6.07) is 0. The molecule has 0 fully saturated rings. The standard InChI is InChI=1S/C12H14N6OS/c1-6-4-14-12(15-5-6)20-11-9(10(13)18-19)7(2)8(3)16-17-11/h4-5,19H,1-3H3,(H2,13,18). The molecule has 0 aliphatic heterocycles. The van der Waals surface area contributed by atoms with Crippen molar-refractivity contribution in [3.63, 3.8) is 0 Å². The molecule has 0 spiro atoms. The predicted molar refractivity (Wildman–Crippen MR) is 74.9 cm³/mol. The van der Waals surface area contributed by atoms with Crippen molar-refractivity contribution in [2.24, 2.45) is 10.9 Å². The van der Waals surface area contributed by atoms with E-state index in [1.54, 1.807) is 12.4 Å². The van der Waals surface area contributed by atoms with Crippen molar-refractivity contribution in [2.45, 2.75) is 31.0 Å². The van der Waals surface area contributed by atoms with Gasteiger partial charge in [0.15, 0.2) is 11.0 Å². The van der Waals surface area contributed by atoms with E-state index in [2.05, 4.69) is 25.3 Å². The Bertz CT molecular complexity index is 656. The first-order valence-corrected chi connectivity index (χ1v) is 6.63. The summed E-state index contributed by atoms with van der Waals surface area (Å²) in [7, 11) is 0. The number of nitrogens with zero attached hydrogens (tertiary/aromatic N) is 5. The van der Waals surface area contributed by atoms with Gasteiger partial charge in [0.2, 0.25) is 0 Å². The van der Waals surface area contributed by atoms with Gasteiger partial charge in [-0.05, 0) is 43.7 Å². The molecule has 104 valence electrons. The van der Waals surface area contributed by atoms with E-state index in [1.165, 1.54) is 11.8 Å². The molecule has 0 saturated heterocycles. The average molecular weight is 290 g/mol. The van der Waals surface area contributed by atoms with E-state index in [4.69, 9.17) is 10.9 Å². The lowest BCUT2D eigenvalue weighted by Gasteiger charge is -2.10. The van der Waals surface area contributed by atoms with Crippen LogP contribution in [-0.2, 0) is 0 Å². The van der Waals surface area contributed by atoms with Crippen molar-refractivity contribution in [2.75, 3.05) is 0 Å². The zero-order valence-electron chi connectivity index (χ0n) is 11.3. The monoisotopic (exact) mass is 290 g/mol. The number of rotatable bonds is 3. The number of oxime groups is 1. The van der Waals surface area contributed by atoms with Crippen LogP contribution in [-0.4, -0.2) is 31.2 Å². The highest BCUT2D eigenvalue weighted by atomic mass is 32.2. The molecule has 7 nitrogen and oxygen atoms in total. The smallest absolute Gasteiger partial charge is 0.193 e. The van der Waals surface area contributed by atoms with Gasteiger partial charge in [-0.15, -0.1) is 5.10 Å². The predicted octanol–water partition coefficient (Wildman–Crippen LogP) is 1.44. The summed E-state index contributed by atoms with van der Waals surface area (Å²) >= 11 is 1.22. The van der Waals surface area contributed by atoms with E-state index < -0.39 is 0 Å². The molecule has 2 heterocycles. The second kappa shape index (κ2) is 5.83. The Labute approximate surface area is 120 Å². The van der Waals surface area contributed by atoms with Gasteiger partial charge in [0.25, 0.3) is 0 Å². The third-order valence-electron chi connectivity index (χ3n) is 2.73. The number of hydrogen-bond acceptors (Lipinski definition) is 7. The lowest BCUT2D eigenvalue weighted by Crippen LogP contribution is -2.18. The fourth-order valence-corrected chi connectivity index (χ4v) is 2.35. The molecule has 2 aromatic heterocycles. The Hall–Kier alpha value is -2.22. The minimum absolute atomic E-state index is 0.00453. The molecule has 0 aliphatic carbocycles. The van der Waals surface area contributed by atoms with Gasteiger partial charge < -0.3 is 10.9 Å². The normalized spacial score (nSPS) is 11.7. The highest BCUT2D eigenvalue weighted by Crippen LogP contribution is 2.27. The number of nitrogens with two attached hydrogens (primary N) is 1. The molecule has 2 rings (SSSR count). The van der Waals surface area contributed by atoms with Crippen LogP contribution in [0.15, 0.2) is 27.7 Å². The molecule has 0 aromatic carbocycles. The molecule has 0 atom stereocenters.